The summed E-state index contributed by atoms with van der Waals surface area (Å²) < 4.78 is 5.98. The highest BCUT2D eigenvalue weighted by Crippen LogP contribution is 2.26. The zero-order valence-electron chi connectivity index (χ0n) is 14.3. The lowest BCUT2D eigenvalue weighted by Gasteiger charge is -2.16. The number of hydrogen-bond acceptors (Lipinski definition) is 3. The average Bonchev–Trinajstić information content (AvgIpc) is 2.45. The van der Waals surface area contributed by atoms with Gasteiger partial charge in [0.25, 0.3) is 0 Å². The second-order valence-corrected chi connectivity index (χ2v) is 6.57. The van der Waals surface area contributed by atoms with Gasteiger partial charge < -0.3 is 4.74 Å². The largest absolute Gasteiger partial charge is 0.493 e. The standard InChI is InChI=1S/C19H26N2O/c1-13(2)8-14(3)11-22-19-7-6-17(9-15(19)4)18-10-16(5)20-12-21-18/h6-7,9-10,12-14H,8,11H2,1-5H3/t14-/m1/s1. The second kappa shape index (κ2) is 7.39. The Kier molecular flexibility index (Phi) is 5.53. The molecule has 22 heavy (non-hydrogen) atoms. The van der Waals surface area contributed by atoms with E-state index in [1.165, 1.54) is 6.42 Å². The van der Waals surface area contributed by atoms with Gasteiger partial charge in [-0.15, -0.1) is 0 Å². The number of ether oxygens (including phenoxy) is 1. The first-order valence-electron chi connectivity index (χ1n) is 7.98. The Labute approximate surface area is 133 Å². The molecule has 0 amide bonds. The molecule has 2 rings (SSSR count). The van der Waals surface area contributed by atoms with Crippen molar-refractivity contribution in [3.8, 4) is 17.0 Å². The predicted molar refractivity (Wildman–Crippen MR) is 91.1 cm³/mol. The molecule has 1 aromatic heterocycles. The summed E-state index contributed by atoms with van der Waals surface area (Å²) in [5.74, 6) is 2.25. The third-order valence-corrected chi connectivity index (χ3v) is 3.67. The van der Waals surface area contributed by atoms with Crippen LogP contribution >= 0.6 is 0 Å². The molecule has 1 heterocycles. The lowest BCUT2D eigenvalue weighted by Crippen LogP contribution is -2.11. The van der Waals surface area contributed by atoms with Gasteiger partial charge in [0.15, 0.2) is 0 Å². The summed E-state index contributed by atoms with van der Waals surface area (Å²) in [6.45, 7) is 11.6. The van der Waals surface area contributed by atoms with E-state index in [2.05, 4.69) is 49.8 Å². The van der Waals surface area contributed by atoms with Gasteiger partial charge in [-0.25, -0.2) is 9.97 Å². The van der Waals surface area contributed by atoms with E-state index in [9.17, 15) is 0 Å². The molecule has 0 fully saturated rings. The van der Waals surface area contributed by atoms with Crippen LogP contribution in [0.1, 0.15) is 38.4 Å². The van der Waals surface area contributed by atoms with Crippen LogP contribution < -0.4 is 4.74 Å². The summed E-state index contributed by atoms with van der Waals surface area (Å²) in [5, 5.41) is 0. The molecule has 0 saturated heterocycles. The highest BCUT2D eigenvalue weighted by atomic mass is 16.5. The number of hydrogen-bond donors (Lipinski definition) is 0. The Morgan fingerprint density at radius 1 is 1.05 bits per heavy atom. The quantitative estimate of drug-likeness (QED) is 0.766. The molecule has 1 atom stereocenters. The summed E-state index contributed by atoms with van der Waals surface area (Å²) in [6.07, 6.45) is 2.80. The summed E-state index contributed by atoms with van der Waals surface area (Å²) in [6, 6.07) is 8.24. The van der Waals surface area contributed by atoms with Crippen LogP contribution in [0.2, 0.25) is 0 Å². The van der Waals surface area contributed by atoms with Crippen molar-refractivity contribution >= 4 is 0 Å². The Balaban J connectivity index is 2.07. The van der Waals surface area contributed by atoms with Gasteiger partial charge in [-0.1, -0.05) is 20.8 Å². The predicted octanol–water partition coefficient (Wildman–Crippen LogP) is 4.82. The van der Waals surface area contributed by atoms with E-state index in [0.29, 0.717) is 11.8 Å². The lowest BCUT2D eigenvalue weighted by molar-refractivity contribution is 0.238. The monoisotopic (exact) mass is 298 g/mol. The van der Waals surface area contributed by atoms with Gasteiger partial charge in [0, 0.05) is 11.3 Å². The van der Waals surface area contributed by atoms with Crippen LogP contribution in [-0.4, -0.2) is 16.6 Å². The molecule has 0 radical (unpaired) electrons. The van der Waals surface area contributed by atoms with Gasteiger partial charge >= 0.3 is 0 Å². The van der Waals surface area contributed by atoms with Crippen molar-refractivity contribution in [1.29, 1.82) is 0 Å². The smallest absolute Gasteiger partial charge is 0.122 e. The van der Waals surface area contributed by atoms with Crippen molar-refractivity contribution in [1.82, 2.24) is 9.97 Å². The van der Waals surface area contributed by atoms with Gasteiger partial charge in [0.1, 0.15) is 12.1 Å². The molecule has 1 aromatic carbocycles. The van der Waals surface area contributed by atoms with Gasteiger partial charge in [-0.05, 0) is 61.9 Å². The molecule has 0 spiro atoms. The molecule has 0 aliphatic heterocycles. The minimum absolute atomic E-state index is 0.573. The van der Waals surface area contributed by atoms with E-state index in [0.717, 1.165) is 34.9 Å². The van der Waals surface area contributed by atoms with Crippen LogP contribution in [0.25, 0.3) is 11.3 Å². The van der Waals surface area contributed by atoms with Gasteiger partial charge in [-0.3, -0.25) is 0 Å². The summed E-state index contributed by atoms with van der Waals surface area (Å²) in [5.41, 5.74) is 4.18. The number of benzene rings is 1. The van der Waals surface area contributed by atoms with E-state index in [1.807, 2.05) is 19.1 Å². The highest BCUT2D eigenvalue weighted by Gasteiger charge is 2.09. The Morgan fingerprint density at radius 2 is 1.82 bits per heavy atom. The highest BCUT2D eigenvalue weighted by molar-refractivity contribution is 5.61. The molecule has 0 bridgehead atoms. The van der Waals surface area contributed by atoms with Crippen LogP contribution in [0.5, 0.6) is 5.75 Å². The van der Waals surface area contributed by atoms with Gasteiger partial charge in [0.05, 0.1) is 12.3 Å². The first-order chi connectivity index (χ1) is 10.5. The molecule has 0 N–H and O–H groups in total. The van der Waals surface area contributed by atoms with E-state index in [4.69, 9.17) is 4.74 Å². The topological polar surface area (TPSA) is 35.0 Å². The van der Waals surface area contributed by atoms with Crippen LogP contribution in [0.3, 0.4) is 0 Å². The molecule has 3 nitrogen and oxygen atoms in total. The maximum atomic E-state index is 5.98. The molecule has 2 aromatic rings. The van der Waals surface area contributed by atoms with E-state index >= 15 is 0 Å². The number of nitrogens with zero attached hydrogens (tertiary/aromatic N) is 2. The van der Waals surface area contributed by atoms with Crippen molar-refractivity contribution in [2.24, 2.45) is 11.8 Å². The van der Waals surface area contributed by atoms with Crippen molar-refractivity contribution in [3.05, 3.63) is 41.9 Å². The normalized spacial score (nSPS) is 12.5. The van der Waals surface area contributed by atoms with Crippen LogP contribution in [0.15, 0.2) is 30.6 Å². The maximum Gasteiger partial charge on any atom is 0.122 e. The first kappa shape index (κ1) is 16.5. The Hall–Kier alpha value is -1.90. The van der Waals surface area contributed by atoms with Crippen LogP contribution in [-0.2, 0) is 0 Å². The lowest BCUT2D eigenvalue weighted by atomic mass is 10.00. The van der Waals surface area contributed by atoms with Gasteiger partial charge in [0.2, 0.25) is 0 Å². The van der Waals surface area contributed by atoms with Gasteiger partial charge in [-0.2, -0.15) is 0 Å². The fourth-order valence-electron chi connectivity index (χ4n) is 2.69. The summed E-state index contributed by atoms with van der Waals surface area (Å²) in [7, 11) is 0. The number of rotatable bonds is 6. The molecule has 0 aliphatic carbocycles. The molecular formula is C19H26N2O. The van der Waals surface area contributed by atoms with Crippen molar-refractivity contribution in [2.45, 2.75) is 41.0 Å². The SMILES string of the molecule is Cc1cc(-c2ccc(OC[C@H](C)CC(C)C)c(C)c2)ncn1. The van der Waals surface area contributed by atoms with Crippen LogP contribution in [0.4, 0.5) is 0 Å². The zero-order valence-corrected chi connectivity index (χ0v) is 14.3. The van der Waals surface area contributed by atoms with E-state index in [-0.39, 0.29) is 0 Å². The minimum Gasteiger partial charge on any atom is -0.493 e. The van der Waals surface area contributed by atoms with Crippen molar-refractivity contribution < 1.29 is 4.74 Å². The average molecular weight is 298 g/mol. The molecular weight excluding hydrogens is 272 g/mol. The molecule has 0 saturated carbocycles. The number of aryl methyl sites for hydroxylation is 2. The third kappa shape index (κ3) is 4.55. The molecule has 0 unspecified atom stereocenters. The third-order valence-electron chi connectivity index (χ3n) is 3.67. The Bertz CT molecular complexity index is 623. The zero-order chi connectivity index (χ0) is 16.1. The second-order valence-electron chi connectivity index (χ2n) is 6.57. The van der Waals surface area contributed by atoms with Crippen molar-refractivity contribution in [3.63, 3.8) is 0 Å². The van der Waals surface area contributed by atoms with E-state index in [1.54, 1.807) is 6.33 Å². The summed E-state index contributed by atoms with van der Waals surface area (Å²) >= 11 is 0. The maximum absolute atomic E-state index is 5.98. The fourth-order valence-corrected chi connectivity index (χ4v) is 2.69. The fraction of sp³-hybridized carbons (Fsp3) is 0.474. The van der Waals surface area contributed by atoms with Crippen molar-refractivity contribution in [2.75, 3.05) is 6.61 Å². The first-order valence-corrected chi connectivity index (χ1v) is 7.98. The Morgan fingerprint density at radius 3 is 2.45 bits per heavy atom. The number of aromatic nitrogens is 2. The molecule has 0 aliphatic rings. The summed E-state index contributed by atoms with van der Waals surface area (Å²) in [4.78, 5) is 8.48. The molecule has 3 heteroatoms. The van der Waals surface area contributed by atoms with E-state index < -0.39 is 0 Å². The molecule has 118 valence electrons. The van der Waals surface area contributed by atoms with Crippen LogP contribution in [0, 0.1) is 25.7 Å². The minimum atomic E-state index is 0.573.